The fraction of sp³-hybridized carbons (Fsp3) is 0.533. The van der Waals surface area contributed by atoms with E-state index in [1.165, 1.54) is 7.11 Å². The summed E-state index contributed by atoms with van der Waals surface area (Å²) < 4.78 is 16.3. The zero-order valence-electron chi connectivity index (χ0n) is 23.8. The lowest BCUT2D eigenvalue weighted by Crippen LogP contribution is -2.48. The van der Waals surface area contributed by atoms with Gasteiger partial charge in [0.15, 0.2) is 5.41 Å². The molecule has 0 amide bonds. The Kier molecular flexibility index (Phi) is 11.3. The van der Waals surface area contributed by atoms with Gasteiger partial charge in [-0.15, -0.1) is 0 Å². The predicted octanol–water partition coefficient (Wildman–Crippen LogP) is 3.70. The van der Waals surface area contributed by atoms with E-state index in [1.807, 2.05) is 26.1 Å². The number of carbonyl (C=O) groups is 2. The van der Waals surface area contributed by atoms with Crippen LogP contribution in [0.1, 0.15) is 61.4 Å². The molecule has 2 N–H and O–H groups in total. The number of hydrogen-bond donors (Lipinski definition) is 2. The van der Waals surface area contributed by atoms with E-state index in [1.54, 1.807) is 46.1 Å². The molecule has 0 bridgehead atoms. The van der Waals surface area contributed by atoms with Gasteiger partial charge in [0.2, 0.25) is 0 Å². The third kappa shape index (κ3) is 7.79. The van der Waals surface area contributed by atoms with Crippen LogP contribution in [0.25, 0.3) is 0 Å². The summed E-state index contributed by atoms with van der Waals surface area (Å²) >= 11 is 0. The van der Waals surface area contributed by atoms with Gasteiger partial charge in [0.25, 0.3) is 0 Å². The molecule has 8 nitrogen and oxygen atoms in total. The van der Waals surface area contributed by atoms with Crippen molar-refractivity contribution in [2.75, 3.05) is 34.4 Å². The molecular weight excluding hydrogens is 486 g/mol. The maximum absolute atomic E-state index is 13.6. The minimum absolute atomic E-state index is 0.153. The second kappa shape index (κ2) is 13.7. The fourth-order valence-electron chi connectivity index (χ4n) is 4.47. The Morgan fingerprint density at radius 3 is 2.18 bits per heavy atom. The minimum atomic E-state index is -1.72. The van der Waals surface area contributed by atoms with E-state index >= 15 is 0 Å². The molecule has 0 aliphatic carbocycles. The van der Waals surface area contributed by atoms with Crippen LogP contribution in [0, 0.1) is 6.92 Å². The van der Waals surface area contributed by atoms with E-state index in [9.17, 15) is 19.8 Å². The van der Waals surface area contributed by atoms with Gasteiger partial charge in [0, 0.05) is 6.54 Å². The Bertz CT molecular complexity index is 1090. The molecule has 38 heavy (non-hydrogen) atoms. The highest BCUT2D eigenvalue weighted by Gasteiger charge is 2.51. The second-order valence-electron chi connectivity index (χ2n) is 10.7. The van der Waals surface area contributed by atoms with Crippen molar-refractivity contribution in [2.45, 2.75) is 71.2 Å². The highest BCUT2D eigenvalue weighted by molar-refractivity contribution is 6.06. The number of aryl methyl sites for hydroxylation is 1. The molecule has 1 unspecified atom stereocenters. The Morgan fingerprint density at radius 2 is 1.61 bits per heavy atom. The molecular formula is C30H43NO7. The van der Waals surface area contributed by atoms with Gasteiger partial charge in [0.05, 0.1) is 27.4 Å². The number of aliphatic hydroxyl groups is 2. The summed E-state index contributed by atoms with van der Waals surface area (Å²) in [6.45, 7) is 8.04. The largest absolute Gasteiger partial charge is 0.496 e. The summed E-state index contributed by atoms with van der Waals surface area (Å²) in [5, 5.41) is 19.5. The van der Waals surface area contributed by atoms with Gasteiger partial charge < -0.3 is 29.3 Å². The van der Waals surface area contributed by atoms with Gasteiger partial charge in [-0.25, -0.2) is 0 Å². The van der Waals surface area contributed by atoms with Crippen molar-refractivity contribution in [3.63, 3.8) is 0 Å². The normalized spacial score (nSPS) is 13.2. The Hall–Kier alpha value is -2.94. The summed E-state index contributed by atoms with van der Waals surface area (Å²) in [5.74, 6) is -0.562. The topological polar surface area (TPSA) is 106 Å². The maximum Gasteiger partial charge on any atom is 0.328 e. The van der Waals surface area contributed by atoms with Crippen molar-refractivity contribution >= 4 is 11.9 Å². The molecule has 2 rings (SSSR count). The van der Waals surface area contributed by atoms with E-state index in [0.29, 0.717) is 29.7 Å². The monoisotopic (exact) mass is 529 g/mol. The van der Waals surface area contributed by atoms with Crippen LogP contribution in [0.15, 0.2) is 36.4 Å². The van der Waals surface area contributed by atoms with Crippen molar-refractivity contribution < 1.29 is 34.0 Å². The number of nitrogens with zero attached hydrogens (tertiary/aromatic N) is 1. The summed E-state index contributed by atoms with van der Waals surface area (Å²) in [7, 11) is 4.91. The maximum atomic E-state index is 13.6. The number of esters is 2. The average molecular weight is 530 g/mol. The third-order valence-corrected chi connectivity index (χ3v) is 6.67. The SMILES string of the molecule is COC(=O)C(CCCN(C)CCc1ccc(C)c(OC)c1)(C(=O)OC(C)(C)C)c1ccc(CO)c(CO)c1. The molecule has 0 aliphatic heterocycles. The molecule has 1 atom stereocenters. The van der Waals surface area contributed by atoms with Crippen molar-refractivity contribution in [1.29, 1.82) is 0 Å². The van der Waals surface area contributed by atoms with Crippen LogP contribution in [0.5, 0.6) is 5.75 Å². The number of methoxy groups -OCH3 is 2. The van der Waals surface area contributed by atoms with Crippen molar-refractivity contribution in [1.82, 2.24) is 4.90 Å². The second-order valence-corrected chi connectivity index (χ2v) is 10.7. The van der Waals surface area contributed by atoms with Gasteiger partial charge in [-0.1, -0.05) is 30.3 Å². The number of rotatable bonds is 13. The molecule has 0 saturated heterocycles. The van der Waals surface area contributed by atoms with Crippen LogP contribution in [-0.2, 0) is 44.1 Å². The number of aliphatic hydroxyl groups excluding tert-OH is 2. The van der Waals surface area contributed by atoms with E-state index in [0.717, 1.165) is 29.8 Å². The third-order valence-electron chi connectivity index (χ3n) is 6.67. The quantitative estimate of drug-likeness (QED) is 0.299. The van der Waals surface area contributed by atoms with E-state index in [2.05, 4.69) is 11.0 Å². The Labute approximate surface area is 226 Å². The van der Waals surface area contributed by atoms with E-state index in [4.69, 9.17) is 14.2 Å². The first-order chi connectivity index (χ1) is 17.9. The molecule has 0 aliphatic rings. The van der Waals surface area contributed by atoms with Gasteiger partial charge in [-0.3, -0.25) is 9.59 Å². The molecule has 0 spiro atoms. The molecule has 210 valence electrons. The van der Waals surface area contributed by atoms with Crippen molar-refractivity contribution in [3.05, 3.63) is 64.2 Å². The van der Waals surface area contributed by atoms with Crippen molar-refractivity contribution in [2.24, 2.45) is 0 Å². The first-order valence-electron chi connectivity index (χ1n) is 12.9. The van der Waals surface area contributed by atoms with Crippen LogP contribution in [0.4, 0.5) is 0 Å². The van der Waals surface area contributed by atoms with Gasteiger partial charge >= 0.3 is 11.9 Å². The molecule has 0 radical (unpaired) electrons. The lowest BCUT2D eigenvalue weighted by molar-refractivity contribution is -0.172. The summed E-state index contributed by atoms with van der Waals surface area (Å²) in [5.41, 5.74) is 1.03. The first kappa shape index (κ1) is 31.3. The van der Waals surface area contributed by atoms with Crippen molar-refractivity contribution in [3.8, 4) is 5.75 Å². The van der Waals surface area contributed by atoms with Crippen LogP contribution >= 0.6 is 0 Å². The lowest BCUT2D eigenvalue weighted by Gasteiger charge is -2.33. The molecule has 0 fully saturated rings. The summed E-state index contributed by atoms with van der Waals surface area (Å²) in [6, 6.07) is 11.0. The van der Waals surface area contributed by atoms with Crippen LogP contribution in [-0.4, -0.2) is 67.0 Å². The molecule has 2 aromatic carbocycles. The number of hydrogen-bond acceptors (Lipinski definition) is 8. The Balaban J connectivity index is 2.29. The molecule has 0 saturated carbocycles. The molecule has 0 aromatic heterocycles. The predicted molar refractivity (Wildman–Crippen MR) is 146 cm³/mol. The molecule has 0 heterocycles. The number of benzene rings is 2. The zero-order chi connectivity index (χ0) is 28.5. The zero-order valence-corrected chi connectivity index (χ0v) is 23.8. The van der Waals surface area contributed by atoms with Crippen LogP contribution in [0.3, 0.4) is 0 Å². The molecule has 2 aromatic rings. The van der Waals surface area contributed by atoms with Gasteiger partial charge in [0.1, 0.15) is 11.4 Å². The average Bonchev–Trinajstić information content (AvgIpc) is 2.88. The minimum Gasteiger partial charge on any atom is -0.496 e. The first-order valence-corrected chi connectivity index (χ1v) is 12.9. The van der Waals surface area contributed by atoms with Crippen LogP contribution in [0.2, 0.25) is 0 Å². The van der Waals surface area contributed by atoms with Gasteiger partial charge in [-0.2, -0.15) is 0 Å². The standard InChI is InChI=1S/C30H43NO7/c1-21-9-10-22(17-26(21)36-6)13-16-31(5)15-8-14-30(27(34)37-7,28(35)38-29(2,3)4)25-12-11-23(19-32)24(18-25)20-33/h9-12,17-18,32-33H,8,13-16,19-20H2,1-7H3. The number of carbonyl (C=O) groups excluding carboxylic acids is 2. The van der Waals surface area contributed by atoms with Crippen LogP contribution < -0.4 is 4.74 Å². The number of likely N-dealkylation sites (N-methyl/N-ethyl adjacent to an activating group) is 1. The highest BCUT2D eigenvalue weighted by atomic mass is 16.6. The van der Waals surface area contributed by atoms with E-state index in [-0.39, 0.29) is 19.6 Å². The molecule has 8 heteroatoms. The Morgan fingerprint density at radius 1 is 0.921 bits per heavy atom. The summed E-state index contributed by atoms with van der Waals surface area (Å²) in [4.78, 5) is 29.1. The lowest BCUT2D eigenvalue weighted by atomic mass is 9.75. The number of ether oxygens (including phenoxy) is 3. The summed E-state index contributed by atoms with van der Waals surface area (Å²) in [6.07, 6.45) is 1.49. The fourth-order valence-corrected chi connectivity index (χ4v) is 4.47. The highest BCUT2D eigenvalue weighted by Crippen LogP contribution is 2.36. The van der Waals surface area contributed by atoms with E-state index < -0.39 is 23.0 Å². The van der Waals surface area contributed by atoms with Gasteiger partial charge in [-0.05, 0) is 94.4 Å². The smallest absolute Gasteiger partial charge is 0.328 e.